The molecular formula is C13H17F3N2O3. The zero-order chi connectivity index (χ0) is 16.4. The summed E-state index contributed by atoms with van der Waals surface area (Å²) in [5, 5.41) is 11.6. The van der Waals surface area contributed by atoms with Crippen molar-refractivity contribution < 1.29 is 23.1 Å². The Kier molecular flexibility index (Phi) is 5.16. The summed E-state index contributed by atoms with van der Waals surface area (Å²) in [5.74, 6) is -1.17. The number of aryl methyl sites for hydroxylation is 1. The van der Waals surface area contributed by atoms with Crippen molar-refractivity contribution in [2.45, 2.75) is 45.5 Å². The summed E-state index contributed by atoms with van der Waals surface area (Å²) >= 11 is 0. The number of carbonyl (C=O) groups is 1. The van der Waals surface area contributed by atoms with E-state index in [1.165, 1.54) is 20.8 Å². The van der Waals surface area contributed by atoms with Gasteiger partial charge >= 0.3 is 6.18 Å². The molecule has 21 heavy (non-hydrogen) atoms. The van der Waals surface area contributed by atoms with Crippen molar-refractivity contribution >= 4 is 5.78 Å². The van der Waals surface area contributed by atoms with Gasteiger partial charge in [-0.25, -0.2) is 0 Å². The summed E-state index contributed by atoms with van der Waals surface area (Å²) in [4.78, 5) is 25.7. The van der Waals surface area contributed by atoms with Crippen molar-refractivity contribution in [3.63, 3.8) is 0 Å². The molecule has 118 valence electrons. The van der Waals surface area contributed by atoms with Gasteiger partial charge in [-0.1, -0.05) is 6.92 Å². The van der Waals surface area contributed by atoms with Crippen LogP contribution in [0.1, 0.15) is 37.6 Å². The highest BCUT2D eigenvalue weighted by molar-refractivity contribution is 5.83. The minimum atomic E-state index is -4.78. The van der Waals surface area contributed by atoms with Crippen LogP contribution in [0.4, 0.5) is 13.2 Å². The predicted molar refractivity (Wildman–Crippen MR) is 70.2 cm³/mol. The first-order valence-corrected chi connectivity index (χ1v) is 6.36. The average molecular weight is 306 g/mol. The highest BCUT2D eigenvalue weighted by Gasteiger charge is 2.43. The molecule has 8 heteroatoms. The molecule has 0 aromatic carbocycles. The number of hydrogen-bond acceptors (Lipinski definition) is 4. The lowest BCUT2D eigenvalue weighted by atomic mass is 10.0. The number of rotatable bonds is 5. The van der Waals surface area contributed by atoms with Crippen molar-refractivity contribution in [1.29, 1.82) is 0 Å². The van der Waals surface area contributed by atoms with E-state index in [4.69, 9.17) is 0 Å². The summed E-state index contributed by atoms with van der Waals surface area (Å²) < 4.78 is 39.4. The van der Waals surface area contributed by atoms with Gasteiger partial charge in [0.15, 0.2) is 5.75 Å². The van der Waals surface area contributed by atoms with E-state index in [0.29, 0.717) is 0 Å². The molecule has 0 aliphatic carbocycles. The molecule has 1 rings (SSSR count). The number of pyridine rings is 1. The van der Waals surface area contributed by atoms with Gasteiger partial charge in [0.25, 0.3) is 0 Å². The van der Waals surface area contributed by atoms with Gasteiger partial charge in [0.2, 0.25) is 5.43 Å². The van der Waals surface area contributed by atoms with Crippen LogP contribution >= 0.6 is 0 Å². The SMILES string of the molecule is CCC(=O)[C@H](C)NC(c1c[nH]c(C)c(O)c1=O)C(F)(F)F. The van der Waals surface area contributed by atoms with Gasteiger partial charge in [0.05, 0.1) is 11.7 Å². The highest BCUT2D eigenvalue weighted by Crippen LogP contribution is 2.32. The number of hydrogen-bond donors (Lipinski definition) is 3. The predicted octanol–water partition coefficient (Wildman–Crippen LogP) is 1.95. The van der Waals surface area contributed by atoms with Crippen molar-refractivity contribution in [3.05, 3.63) is 27.7 Å². The van der Waals surface area contributed by atoms with Crippen LogP contribution in [0, 0.1) is 6.92 Å². The number of Topliss-reactive ketones (excluding diaryl/α,β-unsaturated/α-hetero) is 1. The van der Waals surface area contributed by atoms with Crippen LogP contribution in [0.15, 0.2) is 11.0 Å². The van der Waals surface area contributed by atoms with Crippen LogP contribution in [-0.4, -0.2) is 28.1 Å². The number of aromatic hydroxyl groups is 1. The van der Waals surface area contributed by atoms with Crippen LogP contribution < -0.4 is 10.7 Å². The van der Waals surface area contributed by atoms with Crippen molar-refractivity contribution in [2.24, 2.45) is 0 Å². The van der Waals surface area contributed by atoms with E-state index in [1.54, 1.807) is 0 Å². The molecule has 0 bridgehead atoms. The molecule has 0 saturated carbocycles. The molecule has 0 radical (unpaired) electrons. The monoisotopic (exact) mass is 306 g/mol. The quantitative estimate of drug-likeness (QED) is 0.776. The topological polar surface area (TPSA) is 82.2 Å². The lowest BCUT2D eigenvalue weighted by Gasteiger charge is -2.24. The molecule has 0 aliphatic rings. The van der Waals surface area contributed by atoms with Gasteiger partial charge in [0.1, 0.15) is 11.8 Å². The molecular weight excluding hydrogens is 289 g/mol. The minimum absolute atomic E-state index is 0.0716. The van der Waals surface area contributed by atoms with E-state index in [2.05, 4.69) is 10.3 Å². The molecule has 0 amide bonds. The Labute approximate surface area is 119 Å². The van der Waals surface area contributed by atoms with Crippen LogP contribution in [-0.2, 0) is 4.79 Å². The fraction of sp³-hybridized carbons (Fsp3) is 0.538. The molecule has 1 unspecified atom stereocenters. The first-order chi connectivity index (χ1) is 9.59. The number of alkyl halides is 3. The summed E-state index contributed by atoms with van der Waals surface area (Å²) in [7, 11) is 0. The summed E-state index contributed by atoms with van der Waals surface area (Å²) in [6.07, 6.45) is -3.81. The maximum absolute atomic E-state index is 13.1. The van der Waals surface area contributed by atoms with Crippen molar-refractivity contribution in [1.82, 2.24) is 10.3 Å². The van der Waals surface area contributed by atoms with Gasteiger partial charge in [0, 0.05) is 18.2 Å². The Morgan fingerprint density at radius 1 is 1.48 bits per heavy atom. The third-order valence-corrected chi connectivity index (χ3v) is 3.16. The van der Waals surface area contributed by atoms with E-state index in [-0.39, 0.29) is 12.1 Å². The molecule has 0 aliphatic heterocycles. The number of nitrogens with one attached hydrogen (secondary N) is 2. The molecule has 0 spiro atoms. The summed E-state index contributed by atoms with van der Waals surface area (Å²) in [6, 6.07) is -3.40. The third-order valence-electron chi connectivity index (χ3n) is 3.16. The minimum Gasteiger partial charge on any atom is -0.503 e. The van der Waals surface area contributed by atoms with E-state index in [9.17, 15) is 27.9 Å². The number of H-pyrrole nitrogens is 1. The fourth-order valence-electron chi connectivity index (χ4n) is 1.85. The normalized spacial score (nSPS) is 14.8. The smallest absolute Gasteiger partial charge is 0.408 e. The van der Waals surface area contributed by atoms with Gasteiger partial charge in [-0.15, -0.1) is 0 Å². The van der Waals surface area contributed by atoms with Crippen molar-refractivity contribution in [3.8, 4) is 5.75 Å². The number of ketones is 1. The van der Waals surface area contributed by atoms with E-state index >= 15 is 0 Å². The first-order valence-electron chi connectivity index (χ1n) is 6.36. The van der Waals surface area contributed by atoms with Gasteiger partial charge in [-0.3, -0.25) is 14.9 Å². The second-order valence-electron chi connectivity index (χ2n) is 4.73. The molecule has 3 N–H and O–H groups in total. The Hall–Kier alpha value is -1.83. The number of aromatic amines is 1. The van der Waals surface area contributed by atoms with Crippen LogP contribution in [0.5, 0.6) is 5.75 Å². The molecule has 5 nitrogen and oxygen atoms in total. The molecule has 1 heterocycles. The molecule has 1 aromatic heterocycles. The zero-order valence-electron chi connectivity index (χ0n) is 11.8. The Morgan fingerprint density at radius 3 is 2.52 bits per heavy atom. The average Bonchev–Trinajstić information content (AvgIpc) is 2.40. The van der Waals surface area contributed by atoms with Gasteiger partial charge in [-0.05, 0) is 13.8 Å². The molecule has 0 fully saturated rings. The maximum Gasteiger partial charge on any atom is 0.408 e. The standard InChI is InChI=1S/C13H17F3N2O3/c1-4-9(19)6(2)18-12(13(14,15)16)8-5-17-7(3)10(20)11(8)21/h5-6,12,18,20H,4H2,1-3H3,(H,17,21)/t6-,12?/m0/s1. The molecule has 0 saturated heterocycles. The Bertz CT molecular complexity index is 581. The number of halogens is 3. The zero-order valence-corrected chi connectivity index (χ0v) is 11.8. The largest absolute Gasteiger partial charge is 0.503 e. The summed E-state index contributed by atoms with van der Waals surface area (Å²) in [6.45, 7) is 4.19. The van der Waals surface area contributed by atoms with E-state index in [0.717, 1.165) is 6.20 Å². The second-order valence-corrected chi connectivity index (χ2v) is 4.73. The Balaban J connectivity index is 3.25. The van der Waals surface area contributed by atoms with E-state index in [1.807, 2.05) is 0 Å². The van der Waals surface area contributed by atoms with Gasteiger partial charge < -0.3 is 10.1 Å². The third kappa shape index (κ3) is 3.84. The summed E-state index contributed by atoms with van der Waals surface area (Å²) in [5.41, 5.74) is -1.72. The molecule has 1 aromatic rings. The van der Waals surface area contributed by atoms with E-state index < -0.39 is 40.8 Å². The lowest BCUT2D eigenvalue weighted by molar-refractivity contribution is -0.160. The lowest BCUT2D eigenvalue weighted by Crippen LogP contribution is -2.44. The van der Waals surface area contributed by atoms with Crippen LogP contribution in [0.3, 0.4) is 0 Å². The van der Waals surface area contributed by atoms with Crippen molar-refractivity contribution in [2.75, 3.05) is 0 Å². The second kappa shape index (κ2) is 6.30. The van der Waals surface area contributed by atoms with Crippen LogP contribution in [0.25, 0.3) is 0 Å². The fourth-order valence-corrected chi connectivity index (χ4v) is 1.85. The molecule has 2 atom stereocenters. The highest BCUT2D eigenvalue weighted by atomic mass is 19.4. The number of aromatic nitrogens is 1. The van der Waals surface area contributed by atoms with Crippen LogP contribution in [0.2, 0.25) is 0 Å². The van der Waals surface area contributed by atoms with Gasteiger partial charge in [-0.2, -0.15) is 13.2 Å². The maximum atomic E-state index is 13.1. The number of carbonyl (C=O) groups excluding carboxylic acids is 1. The Morgan fingerprint density at radius 2 is 2.05 bits per heavy atom. The first kappa shape index (κ1) is 17.2.